The molecule has 0 aromatic heterocycles. The van der Waals surface area contributed by atoms with E-state index in [1.54, 1.807) is 7.05 Å². The number of carbonyl (C=O) groups is 1. The van der Waals surface area contributed by atoms with E-state index in [1.807, 2.05) is 24.3 Å². The van der Waals surface area contributed by atoms with E-state index in [0.29, 0.717) is 6.54 Å². The van der Waals surface area contributed by atoms with Crippen LogP contribution in [-0.2, 0) is 11.2 Å². The Morgan fingerprint density at radius 1 is 0.929 bits per heavy atom. The summed E-state index contributed by atoms with van der Waals surface area (Å²) in [7, 11) is 1.76. The monoisotopic (exact) mass is 379 g/mol. The number of hydrogen-bond donors (Lipinski definition) is 2. The van der Waals surface area contributed by atoms with Gasteiger partial charge in [0.15, 0.2) is 5.96 Å². The molecule has 0 spiro atoms. The minimum atomic E-state index is -0.0139. The average molecular weight is 380 g/mol. The van der Waals surface area contributed by atoms with Gasteiger partial charge < -0.3 is 20.4 Å². The molecule has 1 aliphatic heterocycles. The van der Waals surface area contributed by atoms with Gasteiger partial charge >= 0.3 is 0 Å². The Balaban J connectivity index is 1.38. The summed E-state index contributed by atoms with van der Waals surface area (Å²) in [6, 6.07) is 20.6. The highest BCUT2D eigenvalue weighted by molar-refractivity contribution is 5.86. The maximum atomic E-state index is 12.1. The van der Waals surface area contributed by atoms with E-state index in [4.69, 9.17) is 0 Å². The number of carbonyl (C=O) groups excluding carboxylic acids is 1. The lowest BCUT2D eigenvalue weighted by molar-refractivity contribution is -0.120. The van der Waals surface area contributed by atoms with Crippen LogP contribution in [0.5, 0.6) is 0 Å². The summed E-state index contributed by atoms with van der Waals surface area (Å²) in [5.74, 6) is 0.769. The number of para-hydroxylation sites is 1. The molecule has 148 valence electrons. The second-order valence-electron chi connectivity index (χ2n) is 6.80. The molecule has 1 amide bonds. The number of rotatable bonds is 6. The second kappa shape index (κ2) is 10.3. The van der Waals surface area contributed by atoms with E-state index in [-0.39, 0.29) is 12.5 Å². The highest BCUT2D eigenvalue weighted by Crippen LogP contribution is 2.15. The third-order valence-electron chi connectivity index (χ3n) is 4.90. The lowest BCUT2D eigenvalue weighted by atomic mass is 10.1. The van der Waals surface area contributed by atoms with Crippen molar-refractivity contribution in [1.82, 2.24) is 15.5 Å². The minimum Gasteiger partial charge on any atom is -0.368 e. The smallest absolute Gasteiger partial charge is 0.239 e. The number of aliphatic imine (C=N–C) groups is 1. The van der Waals surface area contributed by atoms with Gasteiger partial charge in [-0.25, -0.2) is 0 Å². The van der Waals surface area contributed by atoms with Gasteiger partial charge in [0.05, 0.1) is 6.54 Å². The predicted molar refractivity (Wildman–Crippen MR) is 115 cm³/mol. The van der Waals surface area contributed by atoms with Crippen LogP contribution in [0.3, 0.4) is 0 Å². The molecule has 6 heteroatoms. The Kier molecular flexibility index (Phi) is 7.29. The van der Waals surface area contributed by atoms with Crippen LogP contribution in [-0.4, -0.2) is 63.1 Å². The van der Waals surface area contributed by atoms with Gasteiger partial charge in [0.25, 0.3) is 0 Å². The first-order valence-electron chi connectivity index (χ1n) is 9.82. The Morgan fingerprint density at radius 3 is 2.21 bits per heavy atom. The number of amides is 1. The largest absolute Gasteiger partial charge is 0.368 e. The van der Waals surface area contributed by atoms with Gasteiger partial charge in [0, 0.05) is 45.5 Å². The van der Waals surface area contributed by atoms with Gasteiger partial charge in [0.2, 0.25) is 5.91 Å². The topological polar surface area (TPSA) is 60.0 Å². The molecule has 0 aliphatic carbocycles. The summed E-state index contributed by atoms with van der Waals surface area (Å²) in [5, 5.41) is 6.15. The molecule has 2 N–H and O–H groups in total. The molecule has 0 saturated carbocycles. The van der Waals surface area contributed by atoms with Crippen molar-refractivity contribution >= 4 is 17.6 Å². The fourth-order valence-corrected chi connectivity index (χ4v) is 3.36. The molecule has 0 radical (unpaired) electrons. The molecule has 2 aromatic carbocycles. The minimum absolute atomic E-state index is 0.0139. The summed E-state index contributed by atoms with van der Waals surface area (Å²) < 4.78 is 0. The van der Waals surface area contributed by atoms with Crippen LogP contribution in [0.15, 0.2) is 65.7 Å². The van der Waals surface area contributed by atoms with Crippen LogP contribution in [0.2, 0.25) is 0 Å². The van der Waals surface area contributed by atoms with Crippen molar-refractivity contribution < 1.29 is 4.79 Å². The first-order valence-corrected chi connectivity index (χ1v) is 9.82. The normalized spacial score (nSPS) is 14.7. The molecule has 1 saturated heterocycles. The molecular formula is C22H29N5O. The summed E-state index contributed by atoms with van der Waals surface area (Å²) in [6.07, 6.45) is 0.836. The van der Waals surface area contributed by atoms with E-state index in [9.17, 15) is 4.79 Å². The van der Waals surface area contributed by atoms with Crippen molar-refractivity contribution in [3.63, 3.8) is 0 Å². The zero-order valence-electron chi connectivity index (χ0n) is 16.5. The van der Waals surface area contributed by atoms with Crippen molar-refractivity contribution in [3.05, 3.63) is 66.2 Å². The molecule has 2 aromatic rings. The molecule has 1 aliphatic rings. The van der Waals surface area contributed by atoms with Crippen LogP contribution >= 0.6 is 0 Å². The van der Waals surface area contributed by atoms with Crippen molar-refractivity contribution in [2.24, 2.45) is 4.99 Å². The van der Waals surface area contributed by atoms with Crippen LogP contribution in [0, 0.1) is 0 Å². The summed E-state index contributed by atoms with van der Waals surface area (Å²) >= 11 is 0. The van der Waals surface area contributed by atoms with Crippen LogP contribution in [0.25, 0.3) is 0 Å². The zero-order chi connectivity index (χ0) is 19.6. The van der Waals surface area contributed by atoms with Gasteiger partial charge in [-0.05, 0) is 24.1 Å². The second-order valence-corrected chi connectivity index (χ2v) is 6.80. The molecule has 6 nitrogen and oxygen atoms in total. The molecule has 1 fully saturated rings. The van der Waals surface area contributed by atoms with Crippen LogP contribution in [0.4, 0.5) is 5.69 Å². The Labute approximate surface area is 167 Å². The summed E-state index contributed by atoms with van der Waals surface area (Å²) in [5.41, 5.74) is 2.48. The van der Waals surface area contributed by atoms with E-state index >= 15 is 0 Å². The maximum absolute atomic E-state index is 12.1. The molecule has 28 heavy (non-hydrogen) atoms. The SMILES string of the molecule is CN=C(NCC(=O)NCCc1ccccc1)N1CCN(c2ccccc2)CC1. The van der Waals surface area contributed by atoms with Gasteiger partial charge in [-0.1, -0.05) is 48.5 Å². The summed E-state index contributed by atoms with van der Waals surface area (Å²) in [4.78, 5) is 21.0. The van der Waals surface area contributed by atoms with E-state index < -0.39 is 0 Å². The number of anilines is 1. The average Bonchev–Trinajstić information content (AvgIpc) is 2.76. The Morgan fingerprint density at radius 2 is 1.57 bits per heavy atom. The van der Waals surface area contributed by atoms with Crippen molar-refractivity contribution in [2.45, 2.75) is 6.42 Å². The van der Waals surface area contributed by atoms with E-state index in [1.165, 1.54) is 11.3 Å². The third kappa shape index (κ3) is 5.74. The quantitative estimate of drug-likeness (QED) is 0.593. The number of piperazine rings is 1. The molecular weight excluding hydrogens is 350 g/mol. The standard InChI is InChI=1S/C22H29N5O/c1-23-22(25-18-21(28)24-13-12-19-8-4-2-5-9-19)27-16-14-26(15-17-27)20-10-6-3-7-11-20/h2-11H,12-18H2,1H3,(H,23,25)(H,24,28). The number of nitrogens with one attached hydrogen (secondary N) is 2. The highest BCUT2D eigenvalue weighted by atomic mass is 16.1. The molecule has 3 rings (SSSR count). The number of nitrogens with zero attached hydrogens (tertiary/aromatic N) is 3. The van der Waals surface area contributed by atoms with Crippen LogP contribution < -0.4 is 15.5 Å². The first kappa shape index (κ1) is 19.7. The zero-order valence-corrected chi connectivity index (χ0v) is 16.5. The third-order valence-corrected chi connectivity index (χ3v) is 4.90. The predicted octanol–water partition coefficient (Wildman–Crippen LogP) is 1.74. The van der Waals surface area contributed by atoms with Crippen molar-refractivity contribution in [2.75, 3.05) is 51.2 Å². The van der Waals surface area contributed by atoms with E-state index in [0.717, 1.165) is 38.6 Å². The van der Waals surface area contributed by atoms with Crippen LogP contribution in [0.1, 0.15) is 5.56 Å². The number of benzene rings is 2. The number of hydrogen-bond acceptors (Lipinski definition) is 3. The Bertz CT molecular complexity index is 755. The first-order chi connectivity index (χ1) is 13.8. The van der Waals surface area contributed by atoms with Crippen molar-refractivity contribution in [3.8, 4) is 0 Å². The van der Waals surface area contributed by atoms with Gasteiger partial charge in [-0.3, -0.25) is 9.79 Å². The fourth-order valence-electron chi connectivity index (χ4n) is 3.36. The lowest BCUT2D eigenvalue weighted by Gasteiger charge is -2.37. The fraction of sp³-hybridized carbons (Fsp3) is 0.364. The van der Waals surface area contributed by atoms with Gasteiger partial charge in [-0.2, -0.15) is 0 Å². The molecule has 0 unspecified atom stereocenters. The van der Waals surface area contributed by atoms with Crippen molar-refractivity contribution in [1.29, 1.82) is 0 Å². The molecule has 1 heterocycles. The lowest BCUT2D eigenvalue weighted by Crippen LogP contribution is -2.53. The molecule has 0 atom stereocenters. The van der Waals surface area contributed by atoms with Gasteiger partial charge in [0.1, 0.15) is 0 Å². The Hall–Kier alpha value is -3.02. The van der Waals surface area contributed by atoms with E-state index in [2.05, 4.69) is 61.8 Å². The summed E-state index contributed by atoms with van der Waals surface area (Å²) in [6.45, 7) is 4.51. The maximum Gasteiger partial charge on any atom is 0.239 e. The number of guanidine groups is 1. The van der Waals surface area contributed by atoms with Gasteiger partial charge in [-0.15, -0.1) is 0 Å². The molecule has 0 bridgehead atoms. The highest BCUT2D eigenvalue weighted by Gasteiger charge is 2.20.